The van der Waals surface area contributed by atoms with Gasteiger partial charge in [0.05, 0.1) is 29.7 Å². The number of halogens is 1. The number of rotatable bonds is 6. The monoisotopic (exact) mass is 381 g/mol. The van der Waals surface area contributed by atoms with E-state index in [1.807, 2.05) is 24.5 Å². The predicted octanol–water partition coefficient (Wildman–Crippen LogP) is 5.02. The molecular weight excluding hydrogens is 353 g/mol. The molecule has 1 atom stereocenters. The van der Waals surface area contributed by atoms with Crippen molar-refractivity contribution in [2.75, 3.05) is 18.5 Å². The van der Waals surface area contributed by atoms with Crippen LogP contribution in [0.3, 0.4) is 0 Å². The van der Waals surface area contributed by atoms with E-state index in [9.17, 15) is 4.39 Å². The Bertz CT molecular complexity index is 943. The first-order valence-corrected chi connectivity index (χ1v) is 10.2. The molecule has 1 N–H and O–H groups in total. The molecule has 5 heteroatoms. The van der Waals surface area contributed by atoms with Gasteiger partial charge in [-0.1, -0.05) is 12.1 Å². The third kappa shape index (κ3) is 3.90. The third-order valence-corrected chi connectivity index (χ3v) is 5.84. The number of nitrogens with one attached hydrogen (secondary N) is 1. The third-order valence-electron chi connectivity index (χ3n) is 5.84. The maximum Gasteiger partial charge on any atom is 0.123 e. The summed E-state index contributed by atoms with van der Waals surface area (Å²) in [5, 5.41) is 4.77. The first-order valence-electron chi connectivity index (χ1n) is 10.2. The zero-order valence-electron chi connectivity index (χ0n) is 16.7. The minimum absolute atomic E-state index is 0.194. The SMILES string of the molecule is Cc1c(C)n(CC2CCCCO2)c2cncc(NCCc3ccc(F)cc3)c12. The predicted molar refractivity (Wildman–Crippen MR) is 111 cm³/mol. The van der Waals surface area contributed by atoms with Crippen molar-refractivity contribution in [2.24, 2.45) is 0 Å². The fourth-order valence-electron chi connectivity index (χ4n) is 4.13. The molecule has 1 aliphatic rings. The summed E-state index contributed by atoms with van der Waals surface area (Å²) in [4.78, 5) is 4.48. The van der Waals surface area contributed by atoms with Crippen molar-refractivity contribution >= 4 is 16.6 Å². The van der Waals surface area contributed by atoms with Gasteiger partial charge >= 0.3 is 0 Å². The fourth-order valence-corrected chi connectivity index (χ4v) is 4.13. The molecule has 1 aliphatic heterocycles. The van der Waals surface area contributed by atoms with Gasteiger partial charge in [0.15, 0.2) is 0 Å². The number of aromatic nitrogens is 2. The molecule has 1 saturated heterocycles. The molecule has 0 spiro atoms. The van der Waals surface area contributed by atoms with E-state index in [2.05, 4.69) is 28.7 Å². The molecule has 148 valence electrons. The van der Waals surface area contributed by atoms with Gasteiger partial charge in [-0.3, -0.25) is 4.98 Å². The Morgan fingerprint density at radius 3 is 2.75 bits per heavy atom. The Labute approximate surface area is 165 Å². The Kier molecular flexibility index (Phi) is 5.62. The molecule has 4 nitrogen and oxygen atoms in total. The van der Waals surface area contributed by atoms with E-state index in [1.165, 1.54) is 41.6 Å². The summed E-state index contributed by atoms with van der Waals surface area (Å²) in [7, 11) is 0. The normalized spacial score (nSPS) is 17.2. The van der Waals surface area contributed by atoms with Gasteiger partial charge in [-0.2, -0.15) is 0 Å². The molecule has 28 heavy (non-hydrogen) atoms. The molecular formula is C23H28FN3O. The molecule has 0 bridgehead atoms. The lowest BCUT2D eigenvalue weighted by Gasteiger charge is -2.24. The molecule has 0 amide bonds. The molecule has 1 unspecified atom stereocenters. The summed E-state index contributed by atoms with van der Waals surface area (Å²) in [6.07, 6.45) is 8.54. The highest BCUT2D eigenvalue weighted by Gasteiger charge is 2.20. The van der Waals surface area contributed by atoms with Crippen LogP contribution in [0.4, 0.5) is 10.1 Å². The van der Waals surface area contributed by atoms with Crippen LogP contribution in [0, 0.1) is 19.7 Å². The Hall–Kier alpha value is -2.40. The Morgan fingerprint density at radius 2 is 2.00 bits per heavy atom. The van der Waals surface area contributed by atoms with Crippen molar-refractivity contribution in [2.45, 2.75) is 52.2 Å². The number of pyridine rings is 1. The van der Waals surface area contributed by atoms with Crippen LogP contribution in [0.5, 0.6) is 0 Å². The molecule has 1 aromatic carbocycles. The maximum absolute atomic E-state index is 13.1. The number of hydrogen-bond acceptors (Lipinski definition) is 3. The molecule has 2 aromatic heterocycles. The lowest BCUT2D eigenvalue weighted by Crippen LogP contribution is -2.24. The van der Waals surface area contributed by atoms with Gasteiger partial charge in [0.25, 0.3) is 0 Å². The smallest absolute Gasteiger partial charge is 0.123 e. The summed E-state index contributed by atoms with van der Waals surface area (Å²) in [5.74, 6) is -0.194. The van der Waals surface area contributed by atoms with Crippen molar-refractivity contribution in [3.8, 4) is 0 Å². The largest absolute Gasteiger partial charge is 0.383 e. The van der Waals surface area contributed by atoms with E-state index < -0.39 is 0 Å². The second kappa shape index (κ2) is 8.31. The van der Waals surface area contributed by atoms with Gasteiger partial charge in [0, 0.05) is 30.8 Å². The number of anilines is 1. The van der Waals surface area contributed by atoms with E-state index in [1.54, 1.807) is 0 Å². The number of hydrogen-bond donors (Lipinski definition) is 1. The van der Waals surface area contributed by atoms with Gasteiger partial charge in [-0.25, -0.2) is 4.39 Å². The first-order chi connectivity index (χ1) is 13.6. The number of fused-ring (bicyclic) bond motifs is 1. The van der Waals surface area contributed by atoms with Crippen LogP contribution in [0.1, 0.15) is 36.1 Å². The minimum atomic E-state index is -0.194. The van der Waals surface area contributed by atoms with Crippen LogP contribution in [0.15, 0.2) is 36.7 Å². The lowest BCUT2D eigenvalue weighted by molar-refractivity contribution is 0.00640. The number of ether oxygens (including phenoxy) is 1. The Morgan fingerprint density at radius 1 is 1.18 bits per heavy atom. The van der Waals surface area contributed by atoms with Crippen LogP contribution in [0.2, 0.25) is 0 Å². The number of benzene rings is 1. The fraction of sp³-hybridized carbons (Fsp3) is 0.435. The van der Waals surface area contributed by atoms with Crippen molar-refractivity contribution in [3.63, 3.8) is 0 Å². The zero-order valence-corrected chi connectivity index (χ0v) is 16.7. The molecule has 4 rings (SSSR count). The van der Waals surface area contributed by atoms with Crippen LogP contribution < -0.4 is 5.32 Å². The van der Waals surface area contributed by atoms with E-state index >= 15 is 0 Å². The van der Waals surface area contributed by atoms with Gasteiger partial charge < -0.3 is 14.6 Å². The van der Waals surface area contributed by atoms with Crippen molar-refractivity contribution in [1.29, 1.82) is 0 Å². The van der Waals surface area contributed by atoms with E-state index in [4.69, 9.17) is 4.74 Å². The topological polar surface area (TPSA) is 39.1 Å². The highest BCUT2D eigenvalue weighted by Crippen LogP contribution is 2.31. The average Bonchev–Trinajstić information content (AvgIpc) is 2.96. The van der Waals surface area contributed by atoms with Crippen LogP contribution in [0.25, 0.3) is 10.9 Å². The minimum Gasteiger partial charge on any atom is -0.383 e. The molecule has 3 aromatic rings. The van der Waals surface area contributed by atoms with E-state index in [0.717, 1.165) is 49.3 Å². The molecule has 0 radical (unpaired) electrons. The molecule has 0 aliphatic carbocycles. The summed E-state index contributed by atoms with van der Waals surface area (Å²) in [6.45, 7) is 6.90. The van der Waals surface area contributed by atoms with Crippen molar-refractivity contribution < 1.29 is 9.13 Å². The first kappa shape index (κ1) is 18.9. The standard InChI is InChI=1S/C23H28FN3O/c1-16-17(2)27(15-20-5-3-4-12-28-20)22-14-25-13-21(23(16)22)26-11-10-18-6-8-19(24)9-7-18/h6-9,13-14,20,26H,3-5,10-12,15H2,1-2H3. The van der Waals surface area contributed by atoms with Crippen LogP contribution >= 0.6 is 0 Å². The highest BCUT2D eigenvalue weighted by molar-refractivity contribution is 5.95. The van der Waals surface area contributed by atoms with Crippen molar-refractivity contribution in [3.05, 3.63) is 59.3 Å². The Balaban J connectivity index is 1.54. The van der Waals surface area contributed by atoms with Gasteiger partial charge in [-0.05, 0) is 62.8 Å². The summed E-state index contributed by atoms with van der Waals surface area (Å²) in [5.41, 5.74) is 5.91. The van der Waals surface area contributed by atoms with Gasteiger partial charge in [0.2, 0.25) is 0 Å². The maximum atomic E-state index is 13.1. The van der Waals surface area contributed by atoms with E-state index in [0.29, 0.717) is 0 Å². The number of nitrogens with zero attached hydrogens (tertiary/aromatic N) is 2. The number of aryl methyl sites for hydroxylation is 1. The summed E-state index contributed by atoms with van der Waals surface area (Å²) < 4.78 is 21.4. The van der Waals surface area contributed by atoms with Crippen molar-refractivity contribution in [1.82, 2.24) is 9.55 Å². The molecule has 1 fully saturated rings. The summed E-state index contributed by atoms with van der Waals surface area (Å²) in [6, 6.07) is 6.70. The summed E-state index contributed by atoms with van der Waals surface area (Å²) >= 11 is 0. The highest BCUT2D eigenvalue weighted by atomic mass is 19.1. The molecule has 3 heterocycles. The average molecular weight is 381 g/mol. The second-order valence-electron chi connectivity index (χ2n) is 7.69. The van der Waals surface area contributed by atoms with Crippen LogP contribution in [-0.2, 0) is 17.7 Å². The zero-order chi connectivity index (χ0) is 19.5. The van der Waals surface area contributed by atoms with E-state index in [-0.39, 0.29) is 11.9 Å². The van der Waals surface area contributed by atoms with Gasteiger partial charge in [0.1, 0.15) is 5.82 Å². The molecule has 0 saturated carbocycles. The van der Waals surface area contributed by atoms with Gasteiger partial charge in [-0.15, -0.1) is 0 Å². The lowest BCUT2D eigenvalue weighted by atomic mass is 10.1. The second-order valence-corrected chi connectivity index (χ2v) is 7.69. The van der Waals surface area contributed by atoms with Crippen LogP contribution in [-0.4, -0.2) is 28.8 Å². The quantitative estimate of drug-likeness (QED) is 0.652.